The average molecular weight is 387 g/mol. The predicted molar refractivity (Wildman–Crippen MR) is 94.4 cm³/mol. The summed E-state index contributed by atoms with van der Waals surface area (Å²) < 4.78 is 28.6. The molecule has 9 heteroatoms. The predicted octanol–water partition coefficient (Wildman–Crippen LogP) is 3.08. The molecule has 0 aliphatic heterocycles. The molecular formula is C16H19ClN2O5S. The van der Waals surface area contributed by atoms with Gasteiger partial charge in [0.15, 0.2) is 0 Å². The van der Waals surface area contributed by atoms with Gasteiger partial charge in [0.05, 0.1) is 29.1 Å². The normalized spacial score (nSPS) is 12.2. The fourth-order valence-corrected chi connectivity index (χ4v) is 3.49. The van der Waals surface area contributed by atoms with E-state index in [-0.39, 0.29) is 22.8 Å². The van der Waals surface area contributed by atoms with Gasteiger partial charge in [0.1, 0.15) is 10.7 Å². The highest BCUT2D eigenvalue weighted by molar-refractivity contribution is 7.89. The zero-order valence-corrected chi connectivity index (χ0v) is 15.6. The lowest BCUT2D eigenvalue weighted by Gasteiger charge is -2.38. The molecule has 2 aromatic rings. The monoisotopic (exact) mass is 386 g/mol. The third-order valence-corrected chi connectivity index (χ3v) is 4.96. The maximum absolute atomic E-state index is 11.7. The maximum Gasteiger partial charge on any atom is 0.337 e. The molecule has 1 heterocycles. The third kappa shape index (κ3) is 4.33. The lowest BCUT2D eigenvalue weighted by molar-refractivity contribution is 0.0697. The van der Waals surface area contributed by atoms with E-state index in [4.69, 9.17) is 21.2 Å². The highest BCUT2D eigenvalue weighted by Crippen LogP contribution is 2.35. The number of nitrogens with zero attached hydrogens (tertiary/aromatic N) is 1. The van der Waals surface area contributed by atoms with Crippen LogP contribution in [0.2, 0.25) is 5.02 Å². The number of hydrogen-bond donors (Lipinski definition) is 2. The Balaban J connectivity index is 2.68. The summed E-state index contributed by atoms with van der Waals surface area (Å²) in [6, 6.07) is 5.78. The summed E-state index contributed by atoms with van der Waals surface area (Å²) in [4.78, 5) is 13.1. The fourth-order valence-electron chi connectivity index (χ4n) is 2.40. The summed E-state index contributed by atoms with van der Waals surface area (Å²) in [5.74, 6) is -0.664. The number of nitrogens with two attached hydrogens (primary N) is 1. The first-order valence-electron chi connectivity index (χ1n) is 7.31. The molecule has 7 nitrogen and oxygen atoms in total. The zero-order chi connectivity index (χ0) is 19.0. The van der Waals surface area contributed by atoms with Crippen molar-refractivity contribution in [1.82, 2.24) is 0 Å². The van der Waals surface area contributed by atoms with Crippen molar-refractivity contribution in [2.75, 3.05) is 4.90 Å². The number of carbonyl (C=O) groups is 1. The van der Waals surface area contributed by atoms with Crippen molar-refractivity contribution in [3.8, 4) is 0 Å². The number of anilines is 1. The van der Waals surface area contributed by atoms with Crippen LogP contribution in [0.1, 0.15) is 36.9 Å². The van der Waals surface area contributed by atoms with E-state index < -0.39 is 26.4 Å². The Morgan fingerprint density at radius 3 is 2.44 bits per heavy atom. The molecule has 1 aromatic heterocycles. The number of furan rings is 1. The molecule has 25 heavy (non-hydrogen) atoms. The number of carboxylic acids is 1. The molecule has 3 N–H and O–H groups in total. The molecule has 0 bridgehead atoms. The quantitative estimate of drug-likeness (QED) is 0.816. The number of primary sulfonamides is 1. The van der Waals surface area contributed by atoms with E-state index in [2.05, 4.69) is 0 Å². The Hall–Kier alpha value is -2.03. The summed E-state index contributed by atoms with van der Waals surface area (Å²) in [5, 5.41) is 14.5. The van der Waals surface area contributed by atoms with Gasteiger partial charge in [-0.25, -0.2) is 18.4 Å². The summed E-state index contributed by atoms with van der Waals surface area (Å²) in [6.45, 7) is 5.96. The van der Waals surface area contributed by atoms with E-state index >= 15 is 0 Å². The van der Waals surface area contributed by atoms with Crippen LogP contribution in [0.3, 0.4) is 0 Å². The molecule has 136 valence electrons. The Labute approximate surface area is 151 Å². The number of hydrogen-bond acceptors (Lipinski definition) is 5. The second-order valence-corrected chi connectivity index (χ2v) is 8.42. The molecule has 1 aromatic carbocycles. The first-order chi connectivity index (χ1) is 11.4. The average Bonchev–Trinajstić information content (AvgIpc) is 2.94. The summed E-state index contributed by atoms with van der Waals surface area (Å²) in [7, 11) is -4.15. The second kappa shape index (κ2) is 6.70. The molecule has 0 unspecified atom stereocenters. The Kier molecular flexibility index (Phi) is 5.17. The molecule has 0 radical (unpaired) electrons. The van der Waals surface area contributed by atoms with Crippen LogP contribution in [-0.4, -0.2) is 25.0 Å². The zero-order valence-electron chi connectivity index (χ0n) is 14.0. The van der Waals surface area contributed by atoms with Crippen LogP contribution in [-0.2, 0) is 16.6 Å². The standard InChI is InChI=1S/C16H19ClN2O5S/c1-16(2,3)19(9-10-5-4-6-24-10)13-8-12(17)14(25(18,22)23)7-11(13)15(20)21/h4-8H,9H2,1-3H3,(H,20,21)(H2,18,22,23). The minimum Gasteiger partial charge on any atom is -0.478 e. The summed E-state index contributed by atoms with van der Waals surface area (Å²) in [6.07, 6.45) is 1.52. The fraction of sp³-hybridized carbons (Fsp3) is 0.312. The number of benzene rings is 1. The van der Waals surface area contributed by atoms with E-state index in [1.54, 1.807) is 17.0 Å². The molecule has 0 spiro atoms. The van der Waals surface area contributed by atoms with Crippen molar-refractivity contribution in [2.45, 2.75) is 37.8 Å². The van der Waals surface area contributed by atoms with Crippen molar-refractivity contribution in [1.29, 1.82) is 0 Å². The van der Waals surface area contributed by atoms with Crippen LogP contribution >= 0.6 is 11.6 Å². The largest absolute Gasteiger partial charge is 0.478 e. The van der Waals surface area contributed by atoms with E-state index in [1.165, 1.54) is 12.3 Å². The van der Waals surface area contributed by atoms with E-state index in [1.807, 2.05) is 20.8 Å². The highest BCUT2D eigenvalue weighted by Gasteiger charge is 2.29. The van der Waals surface area contributed by atoms with Crippen LogP contribution in [0.5, 0.6) is 0 Å². The van der Waals surface area contributed by atoms with Crippen LogP contribution in [0.25, 0.3) is 0 Å². The Bertz CT molecular complexity index is 886. The van der Waals surface area contributed by atoms with E-state index in [0.717, 1.165) is 6.07 Å². The van der Waals surface area contributed by atoms with Gasteiger partial charge in [-0.15, -0.1) is 0 Å². The molecule has 0 aliphatic carbocycles. The van der Waals surface area contributed by atoms with Crippen LogP contribution in [0, 0.1) is 0 Å². The minimum atomic E-state index is -4.15. The smallest absolute Gasteiger partial charge is 0.337 e. The molecule has 0 saturated heterocycles. The first-order valence-corrected chi connectivity index (χ1v) is 9.23. The molecule has 0 aliphatic rings. The summed E-state index contributed by atoms with van der Waals surface area (Å²) in [5.41, 5.74) is -0.438. The lowest BCUT2D eigenvalue weighted by atomic mass is 10.0. The van der Waals surface area contributed by atoms with E-state index in [0.29, 0.717) is 5.76 Å². The molecule has 0 saturated carbocycles. The maximum atomic E-state index is 11.7. The topological polar surface area (TPSA) is 114 Å². The van der Waals surface area contributed by atoms with Crippen molar-refractivity contribution >= 4 is 33.3 Å². The van der Waals surface area contributed by atoms with Crippen molar-refractivity contribution in [3.05, 3.63) is 46.9 Å². The van der Waals surface area contributed by atoms with Gasteiger partial charge in [0, 0.05) is 5.54 Å². The van der Waals surface area contributed by atoms with Gasteiger partial charge in [-0.3, -0.25) is 0 Å². The van der Waals surface area contributed by atoms with Crippen LogP contribution in [0.15, 0.2) is 39.8 Å². The Morgan fingerprint density at radius 1 is 1.36 bits per heavy atom. The minimum absolute atomic E-state index is 0.142. The van der Waals surface area contributed by atoms with Crippen molar-refractivity contribution < 1.29 is 22.7 Å². The van der Waals surface area contributed by atoms with Gasteiger partial charge in [-0.1, -0.05) is 11.6 Å². The Morgan fingerprint density at radius 2 is 2.00 bits per heavy atom. The molecule has 0 fully saturated rings. The number of sulfonamides is 1. The van der Waals surface area contributed by atoms with E-state index in [9.17, 15) is 18.3 Å². The van der Waals surface area contributed by atoms with Gasteiger partial charge >= 0.3 is 5.97 Å². The first kappa shape index (κ1) is 19.3. The second-order valence-electron chi connectivity index (χ2n) is 6.49. The number of halogens is 1. The van der Waals surface area contributed by atoms with Crippen molar-refractivity contribution in [2.24, 2.45) is 5.14 Å². The van der Waals surface area contributed by atoms with Gasteiger partial charge in [-0.05, 0) is 45.0 Å². The molecule has 0 atom stereocenters. The van der Waals surface area contributed by atoms with Gasteiger partial charge in [0.2, 0.25) is 10.0 Å². The number of aromatic carboxylic acids is 1. The highest BCUT2D eigenvalue weighted by atomic mass is 35.5. The SMILES string of the molecule is CC(C)(C)N(Cc1ccco1)c1cc(Cl)c(S(N)(=O)=O)cc1C(=O)O. The summed E-state index contributed by atoms with van der Waals surface area (Å²) >= 11 is 6.06. The van der Waals surface area contributed by atoms with Crippen LogP contribution < -0.4 is 10.0 Å². The number of carboxylic acid groups (broad SMARTS) is 1. The van der Waals surface area contributed by atoms with Gasteiger partial charge < -0.3 is 14.4 Å². The number of rotatable bonds is 5. The lowest BCUT2D eigenvalue weighted by Crippen LogP contribution is -2.41. The molecule has 0 amide bonds. The third-order valence-electron chi connectivity index (χ3n) is 3.58. The van der Waals surface area contributed by atoms with Gasteiger partial charge in [0.25, 0.3) is 0 Å². The molecular weight excluding hydrogens is 368 g/mol. The van der Waals surface area contributed by atoms with Gasteiger partial charge in [-0.2, -0.15) is 0 Å². The van der Waals surface area contributed by atoms with Crippen molar-refractivity contribution in [3.63, 3.8) is 0 Å². The van der Waals surface area contributed by atoms with Crippen LogP contribution in [0.4, 0.5) is 5.69 Å². The molecule has 2 rings (SSSR count).